The maximum Gasteiger partial charge on any atom is 0.338 e. The van der Waals surface area contributed by atoms with Crippen LogP contribution in [0.15, 0.2) is 59.2 Å². The number of carbonyl (C=O) groups excluding carboxylic acids is 3. The minimum atomic E-state index is -0.695. The van der Waals surface area contributed by atoms with E-state index in [4.69, 9.17) is 13.9 Å². The van der Waals surface area contributed by atoms with Crippen LogP contribution in [0.4, 0.5) is 11.4 Å². The quantitative estimate of drug-likeness (QED) is 0.558. The molecular formula is C23H22N2O6. The van der Waals surface area contributed by atoms with Gasteiger partial charge in [0, 0.05) is 5.69 Å². The molecule has 0 atom stereocenters. The van der Waals surface area contributed by atoms with E-state index in [1.54, 1.807) is 37.3 Å². The molecule has 0 bridgehead atoms. The minimum Gasteiger partial charge on any atom is -0.495 e. The van der Waals surface area contributed by atoms with Gasteiger partial charge < -0.3 is 24.5 Å². The van der Waals surface area contributed by atoms with Crippen molar-refractivity contribution in [1.82, 2.24) is 0 Å². The predicted molar refractivity (Wildman–Crippen MR) is 114 cm³/mol. The molecule has 8 heteroatoms. The molecule has 0 unspecified atom stereocenters. The van der Waals surface area contributed by atoms with Crippen molar-refractivity contribution < 1.29 is 28.3 Å². The lowest BCUT2D eigenvalue weighted by Crippen LogP contribution is -2.21. The maximum absolute atomic E-state index is 12.4. The van der Waals surface area contributed by atoms with Crippen LogP contribution < -0.4 is 15.4 Å². The lowest BCUT2D eigenvalue weighted by molar-refractivity contribution is -0.119. The number of aryl methyl sites for hydroxylation is 2. The molecule has 2 N–H and O–H groups in total. The largest absolute Gasteiger partial charge is 0.495 e. The fourth-order valence-corrected chi connectivity index (χ4v) is 2.80. The third-order valence-electron chi connectivity index (χ3n) is 4.43. The molecule has 31 heavy (non-hydrogen) atoms. The number of furan rings is 1. The Morgan fingerprint density at radius 1 is 0.968 bits per heavy atom. The summed E-state index contributed by atoms with van der Waals surface area (Å²) in [4.78, 5) is 36.8. The van der Waals surface area contributed by atoms with Crippen molar-refractivity contribution in [3.05, 3.63) is 77.2 Å². The van der Waals surface area contributed by atoms with Gasteiger partial charge >= 0.3 is 5.97 Å². The molecular weight excluding hydrogens is 400 g/mol. The van der Waals surface area contributed by atoms with Gasteiger partial charge in [-0.25, -0.2) is 4.79 Å². The summed E-state index contributed by atoms with van der Waals surface area (Å²) in [5, 5.41) is 5.35. The first-order valence-electron chi connectivity index (χ1n) is 9.44. The summed E-state index contributed by atoms with van der Waals surface area (Å²) >= 11 is 0. The summed E-state index contributed by atoms with van der Waals surface area (Å²) in [7, 11) is 1.50. The highest BCUT2D eigenvalue weighted by atomic mass is 16.5. The van der Waals surface area contributed by atoms with E-state index >= 15 is 0 Å². The van der Waals surface area contributed by atoms with Crippen LogP contribution in [0.2, 0.25) is 0 Å². The van der Waals surface area contributed by atoms with Gasteiger partial charge in [-0.15, -0.1) is 0 Å². The van der Waals surface area contributed by atoms with Crippen molar-refractivity contribution >= 4 is 29.2 Å². The van der Waals surface area contributed by atoms with E-state index in [9.17, 15) is 14.4 Å². The molecule has 0 radical (unpaired) electrons. The van der Waals surface area contributed by atoms with Gasteiger partial charge in [-0.3, -0.25) is 9.59 Å². The standard InChI is InChI=1S/C23H22N2O6/c1-14-6-9-19(29-3)18(11-14)24-21(26)13-31-23(28)16-8-7-15(2)17(12-16)25-22(27)20-5-4-10-30-20/h4-12H,13H2,1-3H3,(H,24,26)(H,25,27). The van der Waals surface area contributed by atoms with Crippen LogP contribution in [-0.2, 0) is 9.53 Å². The number of hydrogen-bond acceptors (Lipinski definition) is 6. The number of ether oxygens (including phenoxy) is 2. The van der Waals surface area contributed by atoms with Gasteiger partial charge in [0.25, 0.3) is 11.8 Å². The first-order valence-corrected chi connectivity index (χ1v) is 9.44. The summed E-state index contributed by atoms with van der Waals surface area (Å²) in [6.45, 7) is 3.20. The van der Waals surface area contributed by atoms with Crippen LogP contribution >= 0.6 is 0 Å². The Balaban J connectivity index is 1.62. The molecule has 0 aliphatic heterocycles. The Kier molecular flexibility index (Phi) is 6.71. The highest BCUT2D eigenvalue weighted by Gasteiger charge is 2.15. The van der Waals surface area contributed by atoms with Crippen molar-refractivity contribution in [3.8, 4) is 5.75 Å². The molecule has 1 aromatic heterocycles. The zero-order valence-electron chi connectivity index (χ0n) is 17.4. The van der Waals surface area contributed by atoms with E-state index in [0.29, 0.717) is 17.1 Å². The lowest BCUT2D eigenvalue weighted by Gasteiger charge is -2.12. The van der Waals surface area contributed by atoms with Crippen molar-refractivity contribution in [2.45, 2.75) is 13.8 Å². The molecule has 0 saturated carbocycles. The van der Waals surface area contributed by atoms with Gasteiger partial charge in [0.2, 0.25) is 0 Å². The molecule has 0 aliphatic carbocycles. The van der Waals surface area contributed by atoms with Gasteiger partial charge in [-0.05, 0) is 61.4 Å². The Hall–Kier alpha value is -4.07. The van der Waals surface area contributed by atoms with Gasteiger partial charge in [-0.2, -0.15) is 0 Å². The fourth-order valence-electron chi connectivity index (χ4n) is 2.80. The Morgan fingerprint density at radius 2 is 1.77 bits per heavy atom. The predicted octanol–water partition coefficient (Wildman–Crippen LogP) is 3.95. The lowest BCUT2D eigenvalue weighted by atomic mass is 10.1. The number of methoxy groups -OCH3 is 1. The molecule has 0 spiro atoms. The Bertz CT molecular complexity index is 1110. The number of amides is 2. The number of benzene rings is 2. The topological polar surface area (TPSA) is 107 Å². The Morgan fingerprint density at radius 3 is 2.48 bits per heavy atom. The van der Waals surface area contributed by atoms with E-state index in [0.717, 1.165) is 11.1 Å². The Labute approximate surface area is 179 Å². The van der Waals surface area contributed by atoms with Crippen LogP contribution in [0.25, 0.3) is 0 Å². The molecule has 2 aromatic carbocycles. The van der Waals surface area contributed by atoms with Crippen LogP contribution in [0.3, 0.4) is 0 Å². The average Bonchev–Trinajstić information content (AvgIpc) is 3.29. The summed E-state index contributed by atoms with van der Waals surface area (Å²) < 4.78 is 15.4. The summed E-state index contributed by atoms with van der Waals surface area (Å²) in [6, 6.07) is 13.2. The monoisotopic (exact) mass is 422 g/mol. The fraction of sp³-hybridized carbons (Fsp3) is 0.174. The third-order valence-corrected chi connectivity index (χ3v) is 4.43. The van der Waals surface area contributed by atoms with Gasteiger partial charge in [0.15, 0.2) is 12.4 Å². The number of hydrogen-bond donors (Lipinski definition) is 2. The van der Waals surface area contributed by atoms with Gasteiger partial charge in [0.05, 0.1) is 24.6 Å². The normalized spacial score (nSPS) is 10.3. The summed E-state index contributed by atoms with van der Waals surface area (Å²) in [5.41, 5.74) is 2.81. The molecule has 2 amide bonds. The number of rotatable bonds is 7. The zero-order chi connectivity index (χ0) is 22.4. The number of anilines is 2. The molecule has 3 rings (SSSR count). The molecule has 1 heterocycles. The molecule has 0 saturated heterocycles. The first kappa shape index (κ1) is 21.6. The maximum atomic E-state index is 12.4. The van der Waals surface area contributed by atoms with Gasteiger partial charge in [0.1, 0.15) is 5.75 Å². The van der Waals surface area contributed by atoms with Crippen molar-refractivity contribution in [2.75, 3.05) is 24.4 Å². The summed E-state index contributed by atoms with van der Waals surface area (Å²) in [6.07, 6.45) is 1.40. The second kappa shape index (κ2) is 9.62. The van der Waals surface area contributed by atoms with Crippen molar-refractivity contribution in [3.63, 3.8) is 0 Å². The molecule has 8 nitrogen and oxygen atoms in total. The highest BCUT2D eigenvalue weighted by molar-refractivity contribution is 6.03. The van der Waals surface area contributed by atoms with Crippen molar-refractivity contribution in [1.29, 1.82) is 0 Å². The second-order valence-electron chi connectivity index (χ2n) is 6.79. The molecule has 3 aromatic rings. The number of esters is 1. The van der Waals surface area contributed by atoms with E-state index in [2.05, 4.69) is 10.6 Å². The number of carbonyl (C=O) groups is 3. The van der Waals surface area contributed by atoms with E-state index in [1.165, 1.54) is 25.5 Å². The van der Waals surface area contributed by atoms with Crippen LogP contribution in [0.5, 0.6) is 5.75 Å². The van der Waals surface area contributed by atoms with Gasteiger partial charge in [-0.1, -0.05) is 12.1 Å². The zero-order valence-corrected chi connectivity index (χ0v) is 17.4. The number of nitrogens with one attached hydrogen (secondary N) is 2. The van der Waals surface area contributed by atoms with E-state index in [1.807, 2.05) is 13.0 Å². The average molecular weight is 422 g/mol. The van der Waals surface area contributed by atoms with E-state index < -0.39 is 24.4 Å². The molecule has 0 fully saturated rings. The molecule has 0 aliphatic rings. The molecule has 160 valence electrons. The van der Waals surface area contributed by atoms with E-state index in [-0.39, 0.29) is 11.3 Å². The summed E-state index contributed by atoms with van der Waals surface area (Å²) in [5.74, 6) is -0.989. The van der Waals surface area contributed by atoms with Crippen molar-refractivity contribution in [2.24, 2.45) is 0 Å². The van der Waals surface area contributed by atoms with Crippen LogP contribution in [0.1, 0.15) is 32.0 Å². The first-order chi connectivity index (χ1) is 14.9. The SMILES string of the molecule is COc1ccc(C)cc1NC(=O)COC(=O)c1ccc(C)c(NC(=O)c2ccco2)c1. The highest BCUT2D eigenvalue weighted by Crippen LogP contribution is 2.25. The van der Waals surface area contributed by atoms with Crippen LogP contribution in [-0.4, -0.2) is 31.5 Å². The van der Waals surface area contributed by atoms with Crippen LogP contribution in [0, 0.1) is 13.8 Å². The third kappa shape index (κ3) is 5.51. The second-order valence-corrected chi connectivity index (χ2v) is 6.79. The minimum absolute atomic E-state index is 0.149. The smallest absolute Gasteiger partial charge is 0.338 e.